The first kappa shape index (κ1) is 21.1. The Kier molecular flexibility index (Phi) is 6.54. The van der Waals surface area contributed by atoms with E-state index >= 15 is 0 Å². The number of aromatic nitrogens is 2. The van der Waals surface area contributed by atoms with Crippen LogP contribution in [0.1, 0.15) is 50.3 Å². The minimum Gasteiger partial charge on any atom is -0.370 e. The molecule has 0 aliphatic carbocycles. The lowest BCUT2D eigenvalue weighted by molar-refractivity contribution is -0.211. The molecule has 0 unspecified atom stereocenters. The van der Waals surface area contributed by atoms with Crippen molar-refractivity contribution in [3.05, 3.63) is 53.9 Å². The summed E-state index contributed by atoms with van der Waals surface area (Å²) < 4.78 is 12.7. The van der Waals surface area contributed by atoms with Gasteiger partial charge >= 0.3 is 0 Å². The molecule has 2 aromatic rings. The Bertz CT molecular complexity index is 808. The lowest BCUT2D eigenvalue weighted by Gasteiger charge is -2.50. The van der Waals surface area contributed by atoms with Gasteiger partial charge in [-0.25, -0.2) is 0 Å². The van der Waals surface area contributed by atoms with Crippen LogP contribution in [0.3, 0.4) is 0 Å². The van der Waals surface area contributed by atoms with Crippen molar-refractivity contribution in [1.29, 1.82) is 0 Å². The van der Waals surface area contributed by atoms with Gasteiger partial charge in [0.05, 0.1) is 32.1 Å². The number of nitrogens with one attached hydrogen (secondary N) is 1. The quantitative estimate of drug-likeness (QED) is 0.786. The van der Waals surface area contributed by atoms with Crippen LogP contribution in [0.2, 0.25) is 0 Å². The molecular formula is C24H33N3O3. The maximum absolute atomic E-state index is 12.9. The molecule has 3 atom stereocenters. The van der Waals surface area contributed by atoms with Crippen molar-refractivity contribution in [3.8, 4) is 0 Å². The van der Waals surface area contributed by atoms with Crippen molar-refractivity contribution in [2.24, 2.45) is 11.8 Å². The molecule has 0 bridgehead atoms. The molecule has 1 N–H and O–H groups in total. The first-order chi connectivity index (χ1) is 14.6. The highest BCUT2D eigenvalue weighted by Gasteiger charge is 2.47. The van der Waals surface area contributed by atoms with Gasteiger partial charge in [-0.2, -0.15) is 5.10 Å². The monoisotopic (exact) mass is 411 g/mol. The summed E-state index contributed by atoms with van der Waals surface area (Å²) in [4.78, 5) is 14.8. The molecule has 162 valence electrons. The van der Waals surface area contributed by atoms with E-state index in [2.05, 4.69) is 48.3 Å². The summed E-state index contributed by atoms with van der Waals surface area (Å²) in [5.41, 5.74) is 1.99. The zero-order valence-electron chi connectivity index (χ0n) is 18.0. The van der Waals surface area contributed by atoms with E-state index in [1.54, 1.807) is 0 Å². The standard InChI is InChI=1S/C24H33N3O3/c1-18(2)21-13-24(17-29-23(21)20-8-4-3-5-9-20)16-27(11-12-30-24)22(28)10-6-7-19-14-25-26-15-19/h3-5,8-9,14-15,18,21,23H,6-7,10-13,16-17H2,1-2H3,(H,25,26)/t21-,23-,24-/m0/s1. The number of nitrogens with zero attached hydrogens (tertiary/aromatic N) is 2. The highest BCUT2D eigenvalue weighted by atomic mass is 16.6. The highest BCUT2D eigenvalue weighted by Crippen LogP contribution is 2.44. The Morgan fingerprint density at radius 2 is 2.17 bits per heavy atom. The molecule has 2 aliphatic heterocycles. The maximum atomic E-state index is 12.9. The van der Waals surface area contributed by atoms with Gasteiger partial charge in [0.15, 0.2) is 0 Å². The average molecular weight is 412 g/mol. The second-order valence-corrected chi connectivity index (χ2v) is 9.06. The third kappa shape index (κ3) is 4.76. The molecule has 3 heterocycles. The first-order valence-electron chi connectivity index (χ1n) is 11.1. The molecule has 6 heteroatoms. The fourth-order valence-corrected chi connectivity index (χ4v) is 4.82. The van der Waals surface area contributed by atoms with Crippen molar-refractivity contribution >= 4 is 5.91 Å². The molecular weight excluding hydrogens is 378 g/mol. The first-order valence-corrected chi connectivity index (χ1v) is 11.1. The molecule has 2 fully saturated rings. The fourth-order valence-electron chi connectivity index (χ4n) is 4.82. The number of carbonyl (C=O) groups excluding carboxylic acids is 1. The number of morpholine rings is 1. The van der Waals surface area contributed by atoms with Crippen molar-refractivity contribution in [2.45, 2.75) is 51.2 Å². The van der Waals surface area contributed by atoms with Crippen LogP contribution in [-0.2, 0) is 20.7 Å². The summed E-state index contributed by atoms with van der Waals surface area (Å²) in [6.45, 7) is 6.92. The summed E-state index contributed by atoms with van der Waals surface area (Å²) >= 11 is 0. The molecule has 6 nitrogen and oxygen atoms in total. The molecule has 2 saturated heterocycles. The fraction of sp³-hybridized carbons (Fsp3) is 0.583. The Morgan fingerprint density at radius 1 is 1.33 bits per heavy atom. The summed E-state index contributed by atoms with van der Waals surface area (Å²) in [5.74, 6) is 1.04. The number of hydrogen-bond acceptors (Lipinski definition) is 4. The van der Waals surface area contributed by atoms with Crippen LogP contribution < -0.4 is 0 Å². The summed E-state index contributed by atoms with van der Waals surface area (Å²) in [6.07, 6.45) is 6.98. The van der Waals surface area contributed by atoms with Crippen LogP contribution in [0, 0.1) is 11.8 Å². The number of amides is 1. The Balaban J connectivity index is 1.38. The largest absolute Gasteiger partial charge is 0.370 e. The van der Waals surface area contributed by atoms with Gasteiger partial charge in [-0.15, -0.1) is 0 Å². The number of aryl methyl sites for hydroxylation is 1. The minimum absolute atomic E-state index is 0.0847. The summed E-state index contributed by atoms with van der Waals surface area (Å²) in [7, 11) is 0. The van der Waals surface area contributed by atoms with E-state index < -0.39 is 5.60 Å². The number of hydrogen-bond donors (Lipinski definition) is 1. The van der Waals surface area contributed by atoms with Gasteiger partial charge in [-0.05, 0) is 42.2 Å². The van der Waals surface area contributed by atoms with Crippen LogP contribution in [0.4, 0.5) is 0 Å². The van der Waals surface area contributed by atoms with Gasteiger partial charge < -0.3 is 14.4 Å². The zero-order chi connectivity index (χ0) is 21.0. The van der Waals surface area contributed by atoms with Crippen LogP contribution in [0.15, 0.2) is 42.7 Å². The minimum atomic E-state index is -0.390. The molecule has 4 rings (SSSR count). The number of ether oxygens (including phenoxy) is 2. The van der Waals surface area contributed by atoms with Gasteiger partial charge in [0.25, 0.3) is 0 Å². The second-order valence-electron chi connectivity index (χ2n) is 9.06. The SMILES string of the molecule is CC(C)[C@@H]1C[C@@]2(CO[C@H]1c1ccccc1)CN(C(=O)CCCc1cn[nH]c1)CCO2. The number of carbonyl (C=O) groups is 1. The molecule has 0 saturated carbocycles. The third-order valence-corrected chi connectivity index (χ3v) is 6.52. The third-order valence-electron chi connectivity index (χ3n) is 6.52. The molecule has 2 aliphatic rings. The maximum Gasteiger partial charge on any atom is 0.222 e. The van der Waals surface area contributed by atoms with E-state index in [9.17, 15) is 4.79 Å². The molecule has 1 aromatic heterocycles. The van der Waals surface area contributed by atoms with Crippen molar-refractivity contribution in [2.75, 3.05) is 26.3 Å². The summed E-state index contributed by atoms with van der Waals surface area (Å²) in [6, 6.07) is 10.5. The molecule has 1 amide bonds. The number of benzene rings is 1. The smallest absolute Gasteiger partial charge is 0.222 e. The van der Waals surface area contributed by atoms with E-state index in [1.807, 2.05) is 23.4 Å². The van der Waals surface area contributed by atoms with E-state index in [0.717, 1.165) is 24.8 Å². The average Bonchev–Trinajstić information content (AvgIpc) is 3.28. The van der Waals surface area contributed by atoms with E-state index in [0.29, 0.717) is 44.6 Å². The molecule has 1 spiro atoms. The van der Waals surface area contributed by atoms with Gasteiger partial charge in [-0.3, -0.25) is 9.89 Å². The molecule has 1 aromatic carbocycles. The van der Waals surface area contributed by atoms with Crippen LogP contribution >= 0.6 is 0 Å². The lowest BCUT2D eigenvalue weighted by Crippen LogP contribution is -2.59. The zero-order valence-corrected chi connectivity index (χ0v) is 18.0. The Hall–Kier alpha value is -2.18. The number of aromatic amines is 1. The Morgan fingerprint density at radius 3 is 2.90 bits per heavy atom. The topological polar surface area (TPSA) is 67.5 Å². The van der Waals surface area contributed by atoms with Gasteiger partial charge in [0, 0.05) is 19.2 Å². The molecule has 0 radical (unpaired) electrons. The van der Waals surface area contributed by atoms with Crippen molar-refractivity contribution in [3.63, 3.8) is 0 Å². The van der Waals surface area contributed by atoms with Gasteiger partial charge in [-0.1, -0.05) is 44.2 Å². The predicted molar refractivity (Wildman–Crippen MR) is 115 cm³/mol. The van der Waals surface area contributed by atoms with E-state index in [1.165, 1.54) is 5.56 Å². The van der Waals surface area contributed by atoms with Crippen LogP contribution in [0.5, 0.6) is 0 Å². The van der Waals surface area contributed by atoms with Crippen LogP contribution in [0.25, 0.3) is 0 Å². The predicted octanol–water partition coefficient (Wildman–Crippen LogP) is 3.76. The Labute approximate surface area is 178 Å². The van der Waals surface area contributed by atoms with Gasteiger partial charge in [0.1, 0.15) is 5.60 Å². The number of H-pyrrole nitrogens is 1. The van der Waals surface area contributed by atoms with Crippen molar-refractivity contribution < 1.29 is 14.3 Å². The number of rotatable bonds is 6. The highest BCUT2D eigenvalue weighted by molar-refractivity contribution is 5.76. The summed E-state index contributed by atoms with van der Waals surface area (Å²) in [5, 5.41) is 6.79. The second kappa shape index (κ2) is 9.31. The molecule has 30 heavy (non-hydrogen) atoms. The van der Waals surface area contributed by atoms with E-state index in [-0.39, 0.29) is 12.0 Å². The van der Waals surface area contributed by atoms with Crippen molar-refractivity contribution in [1.82, 2.24) is 15.1 Å². The van der Waals surface area contributed by atoms with E-state index in [4.69, 9.17) is 9.47 Å². The lowest BCUT2D eigenvalue weighted by atomic mass is 9.75. The van der Waals surface area contributed by atoms with Gasteiger partial charge in [0.2, 0.25) is 5.91 Å². The normalized spacial score (nSPS) is 27.0. The van der Waals surface area contributed by atoms with Crippen LogP contribution in [-0.4, -0.2) is 52.9 Å².